The van der Waals surface area contributed by atoms with Gasteiger partial charge < -0.3 is 4.57 Å². The molecule has 18 heavy (non-hydrogen) atoms. The Kier molecular flexibility index (Phi) is 2.88. The summed E-state index contributed by atoms with van der Waals surface area (Å²) >= 11 is 3.36. The maximum atomic E-state index is 13.1. The number of pyridine rings is 1. The second kappa shape index (κ2) is 4.53. The highest BCUT2D eigenvalue weighted by Gasteiger charge is 2.03. The van der Waals surface area contributed by atoms with Gasteiger partial charge in [0.1, 0.15) is 5.82 Å². The van der Waals surface area contributed by atoms with Crippen molar-refractivity contribution in [2.45, 2.75) is 6.54 Å². The third-order valence-corrected chi connectivity index (χ3v) is 3.32. The zero-order valence-corrected chi connectivity index (χ0v) is 11.1. The summed E-state index contributed by atoms with van der Waals surface area (Å²) in [6, 6.07) is 10.7. The molecule has 0 bridgehead atoms. The van der Waals surface area contributed by atoms with E-state index >= 15 is 0 Å². The molecule has 1 aromatic carbocycles. The Balaban J connectivity index is 1.97. The average molecular weight is 305 g/mol. The Hall–Kier alpha value is -1.68. The molecule has 0 spiro atoms. The Bertz CT molecular complexity index is 689. The number of aromatic nitrogens is 2. The van der Waals surface area contributed by atoms with Crippen molar-refractivity contribution in [2.75, 3.05) is 0 Å². The van der Waals surface area contributed by atoms with Gasteiger partial charge in [-0.05, 0) is 52.3 Å². The predicted octanol–water partition coefficient (Wildman–Crippen LogP) is 3.99. The van der Waals surface area contributed by atoms with Gasteiger partial charge in [-0.3, -0.25) is 4.98 Å². The van der Waals surface area contributed by atoms with E-state index in [0.29, 0.717) is 6.54 Å². The third kappa shape index (κ3) is 2.16. The van der Waals surface area contributed by atoms with E-state index in [1.54, 1.807) is 18.3 Å². The van der Waals surface area contributed by atoms with Crippen molar-refractivity contribution in [1.29, 1.82) is 0 Å². The van der Waals surface area contributed by atoms with Crippen molar-refractivity contribution in [3.63, 3.8) is 0 Å². The second-order valence-corrected chi connectivity index (χ2v) is 5.03. The first-order valence-electron chi connectivity index (χ1n) is 5.57. The van der Waals surface area contributed by atoms with E-state index in [1.807, 2.05) is 24.4 Å². The summed E-state index contributed by atoms with van der Waals surface area (Å²) in [5.74, 6) is -0.206. The van der Waals surface area contributed by atoms with E-state index in [1.165, 1.54) is 6.07 Å². The van der Waals surface area contributed by atoms with Crippen LogP contribution in [0.25, 0.3) is 10.9 Å². The first-order valence-corrected chi connectivity index (χ1v) is 6.36. The molecule has 0 amide bonds. The standard InChI is InChI=1S/C14H10BrFN2/c15-11-1-3-13(17-8-11)9-18-6-5-10-7-12(16)2-4-14(10)18/h1-8H,9H2. The minimum atomic E-state index is -0.206. The Labute approximate surface area is 112 Å². The van der Waals surface area contributed by atoms with E-state index in [4.69, 9.17) is 0 Å². The first-order chi connectivity index (χ1) is 8.72. The molecule has 0 unspecified atom stereocenters. The maximum Gasteiger partial charge on any atom is 0.123 e. The lowest BCUT2D eigenvalue weighted by Crippen LogP contribution is -1.99. The monoisotopic (exact) mass is 304 g/mol. The number of rotatable bonds is 2. The van der Waals surface area contributed by atoms with Gasteiger partial charge in [-0.2, -0.15) is 0 Å². The third-order valence-electron chi connectivity index (χ3n) is 2.85. The minimum absolute atomic E-state index is 0.206. The summed E-state index contributed by atoms with van der Waals surface area (Å²) in [5, 5.41) is 0.909. The van der Waals surface area contributed by atoms with Gasteiger partial charge in [-0.25, -0.2) is 4.39 Å². The Morgan fingerprint density at radius 3 is 2.83 bits per heavy atom. The van der Waals surface area contributed by atoms with Crippen LogP contribution in [0.3, 0.4) is 0 Å². The lowest BCUT2D eigenvalue weighted by molar-refractivity contribution is 0.629. The number of fused-ring (bicyclic) bond motifs is 1. The van der Waals surface area contributed by atoms with Crippen LogP contribution < -0.4 is 0 Å². The molecule has 0 atom stereocenters. The van der Waals surface area contributed by atoms with Gasteiger partial charge in [0.15, 0.2) is 0 Å². The molecule has 2 heterocycles. The molecule has 0 fully saturated rings. The largest absolute Gasteiger partial charge is 0.341 e. The topological polar surface area (TPSA) is 17.8 Å². The van der Waals surface area contributed by atoms with Crippen LogP contribution in [0, 0.1) is 5.82 Å². The molecular weight excluding hydrogens is 295 g/mol. The highest BCUT2D eigenvalue weighted by atomic mass is 79.9. The van der Waals surface area contributed by atoms with Crippen LogP contribution in [0.5, 0.6) is 0 Å². The van der Waals surface area contributed by atoms with Crippen molar-refractivity contribution in [1.82, 2.24) is 9.55 Å². The van der Waals surface area contributed by atoms with Crippen LogP contribution in [0.15, 0.2) is 53.3 Å². The van der Waals surface area contributed by atoms with E-state index in [2.05, 4.69) is 25.5 Å². The number of nitrogens with zero attached hydrogens (tertiary/aromatic N) is 2. The van der Waals surface area contributed by atoms with Crippen LogP contribution in [-0.4, -0.2) is 9.55 Å². The molecule has 2 nitrogen and oxygen atoms in total. The predicted molar refractivity (Wildman–Crippen MR) is 72.9 cm³/mol. The lowest BCUT2D eigenvalue weighted by Gasteiger charge is -2.05. The van der Waals surface area contributed by atoms with E-state index in [9.17, 15) is 4.39 Å². The van der Waals surface area contributed by atoms with Crippen LogP contribution in [0.1, 0.15) is 5.69 Å². The molecule has 0 aliphatic carbocycles. The van der Waals surface area contributed by atoms with Crippen LogP contribution in [0.4, 0.5) is 4.39 Å². The zero-order valence-electron chi connectivity index (χ0n) is 9.48. The van der Waals surface area contributed by atoms with Crippen LogP contribution in [0.2, 0.25) is 0 Å². The summed E-state index contributed by atoms with van der Waals surface area (Å²) in [5.41, 5.74) is 1.99. The highest BCUT2D eigenvalue weighted by Crippen LogP contribution is 2.18. The van der Waals surface area contributed by atoms with Gasteiger partial charge in [-0.1, -0.05) is 0 Å². The Morgan fingerprint density at radius 2 is 2.06 bits per heavy atom. The smallest absolute Gasteiger partial charge is 0.123 e. The van der Waals surface area contributed by atoms with Crippen molar-refractivity contribution >= 4 is 26.8 Å². The van der Waals surface area contributed by atoms with Crippen molar-refractivity contribution < 1.29 is 4.39 Å². The normalized spacial score (nSPS) is 11.0. The summed E-state index contributed by atoms with van der Waals surface area (Å²) in [7, 11) is 0. The zero-order chi connectivity index (χ0) is 12.5. The summed E-state index contributed by atoms with van der Waals surface area (Å²) in [6.45, 7) is 0.683. The molecule has 0 N–H and O–H groups in total. The molecule has 0 aliphatic heterocycles. The quantitative estimate of drug-likeness (QED) is 0.700. The van der Waals surface area contributed by atoms with Gasteiger partial charge in [0.2, 0.25) is 0 Å². The van der Waals surface area contributed by atoms with Crippen molar-refractivity contribution in [2.24, 2.45) is 0 Å². The molecule has 2 aromatic heterocycles. The second-order valence-electron chi connectivity index (χ2n) is 4.11. The minimum Gasteiger partial charge on any atom is -0.341 e. The average Bonchev–Trinajstić information content (AvgIpc) is 2.74. The van der Waals surface area contributed by atoms with Crippen molar-refractivity contribution in [3.05, 3.63) is 64.8 Å². The molecule has 0 saturated carbocycles. The molecule has 0 saturated heterocycles. The van der Waals surface area contributed by atoms with Crippen LogP contribution in [-0.2, 0) is 6.54 Å². The number of hydrogen-bond donors (Lipinski definition) is 0. The molecule has 0 aliphatic rings. The lowest BCUT2D eigenvalue weighted by atomic mass is 10.2. The van der Waals surface area contributed by atoms with Gasteiger partial charge in [0.25, 0.3) is 0 Å². The van der Waals surface area contributed by atoms with Gasteiger partial charge in [-0.15, -0.1) is 0 Å². The van der Waals surface area contributed by atoms with Crippen LogP contribution >= 0.6 is 15.9 Å². The van der Waals surface area contributed by atoms with Crippen molar-refractivity contribution in [3.8, 4) is 0 Å². The fourth-order valence-corrected chi connectivity index (χ4v) is 2.22. The van der Waals surface area contributed by atoms with E-state index in [0.717, 1.165) is 21.1 Å². The maximum absolute atomic E-state index is 13.1. The number of hydrogen-bond acceptors (Lipinski definition) is 1. The molecule has 4 heteroatoms. The number of benzene rings is 1. The van der Waals surface area contributed by atoms with E-state index < -0.39 is 0 Å². The van der Waals surface area contributed by atoms with Gasteiger partial charge in [0.05, 0.1) is 12.2 Å². The SMILES string of the molecule is Fc1ccc2c(ccn2Cc2ccc(Br)cn2)c1. The molecule has 0 radical (unpaired) electrons. The molecule has 3 aromatic rings. The highest BCUT2D eigenvalue weighted by molar-refractivity contribution is 9.10. The molecule has 90 valence electrons. The molecule has 3 rings (SSSR count). The summed E-state index contributed by atoms with van der Waals surface area (Å²) in [4.78, 5) is 4.34. The van der Waals surface area contributed by atoms with E-state index in [-0.39, 0.29) is 5.82 Å². The number of halogens is 2. The van der Waals surface area contributed by atoms with Gasteiger partial charge >= 0.3 is 0 Å². The summed E-state index contributed by atoms with van der Waals surface area (Å²) < 4.78 is 16.1. The Morgan fingerprint density at radius 1 is 1.17 bits per heavy atom. The van der Waals surface area contributed by atoms with Gasteiger partial charge in [0, 0.05) is 27.8 Å². The molecular formula is C14H10BrFN2. The fraction of sp³-hybridized carbons (Fsp3) is 0.0714. The summed E-state index contributed by atoms with van der Waals surface area (Å²) in [6.07, 6.45) is 3.73. The first kappa shape index (κ1) is 11.4. The fourth-order valence-electron chi connectivity index (χ4n) is 1.98.